The molecule has 0 spiro atoms. The first kappa shape index (κ1) is 34.9. The number of hydrogen-bond donors (Lipinski definition) is 0. The fourth-order valence-corrected chi connectivity index (χ4v) is 11.1. The van der Waals surface area contributed by atoms with Crippen LogP contribution in [0.15, 0.2) is 146 Å². The van der Waals surface area contributed by atoms with Crippen LogP contribution in [0.25, 0.3) is 37.2 Å². The Hall–Kier alpha value is -6.19. The summed E-state index contributed by atoms with van der Waals surface area (Å²) in [6.45, 7) is 22.2. The van der Waals surface area contributed by atoms with Gasteiger partial charge in [0.15, 0.2) is 5.69 Å². The lowest BCUT2D eigenvalue weighted by Gasteiger charge is -2.33. The molecule has 0 aliphatic heterocycles. The molecule has 4 nitrogen and oxygen atoms in total. The van der Waals surface area contributed by atoms with E-state index in [4.69, 9.17) is 6.57 Å². The molecule has 0 aromatic heterocycles. The van der Waals surface area contributed by atoms with Gasteiger partial charge in [-0.15, -0.1) is 0 Å². The Morgan fingerprint density at radius 3 is 1.44 bits per heavy atom. The lowest BCUT2D eigenvalue weighted by atomic mass is 9.91. The van der Waals surface area contributed by atoms with Crippen molar-refractivity contribution in [2.45, 2.75) is 39.3 Å². The number of benzene rings is 8. The molecule has 0 aliphatic rings. The van der Waals surface area contributed by atoms with Crippen molar-refractivity contribution < 1.29 is 0 Å². The van der Waals surface area contributed by atoms with Gasteiger partial charge in [-0.05, 0) is 86.5 Å². The van der Waals surface area contributed by atoms with E-state index in [1.807, 2.05) is 36.4 Å². The summed E-state index contributed by atoms with van der Waals surface area (Å²) in [5, 5.41) is 19.8. The average molecular weight is 731 g/mol. The second-order valence-corrected chi connectivity index (χ2v) is 26.2. The molecule has 0 aliphatic carbocycles. The molecule has 262 valence electrons. The smallest absolute Gasteiger partial charge is 0.189 e. The highest BCUT2D eigenvalue weighted by Crippen LogP contribution is 2.47. The summed E-state index contributed by atoms with van der Waals surface area (Å²) in [6.07, 6.45) is 0. The van der Waals surface area contributed by atoms with Gasteiger partial charge in [-0.1, -0.05) is 130 Å². The van der Waals surface area contributed by atoms with E-state index in [0.29, 0.717) is 11.3 Å². The molecule has 0 radical (unpaired) electrons. The maximum absolute atomic E-state index is 9.97. The van der Waals surface area contributed by atoms with Gasteiger partial charge in [-0.25, -0.2) is 4.85 Å². The lowest BCUT2D eigenvalue weighted by molar-refractivity contribution is 1.30. The third-order valence-corrected chi connectivity index (χ3v) is 14.5. The number of hydrogen-bond acceptors (Lipinski definition) is 3. The van der Waals surface area contributed by atoms with Gasteiger partial charge in [0.25, 0.3) is 0 Å². The summed E-state index contributed by atoms with van der Waals surface area (Å²) in [6, 6.07) is 54.0. The Balaban J connectivity index is 1.45. The molecule has 0 saturated heterocycles. The van der Waals surface area contributed by atoms with E-state index >= 15 is 0 Å². The average Bonchev–Trinajstić information content (AvgIpc) is 3.18. The highest BCUT2D eigenvalue weighted by molar-refractivity contribution is 6.90. The quantitative estimate of drug-likeness (QED) is 0.0887. The zero-order valence-corrected chi connectivity index (χ0v) is 33.6. The minimum absolute atomic E-state index is 0.615. The first-order chi connectivity index (χ1) is 26.0. The van der Waals surface area contributed by atoms with Gasteiger partial charge in [0.05, 0.1) is 45.7 Å². The second kappa shape index (κ2) is 13.3. The van der Waals surface area contributed by atoms with E-state index < -0.39 is 16.1 Å². The van der Waals surface area contributed by atoms with Crippen molar-refractivity contribution in [3.63, 3.8) is 0 Å². The minimum atomic E-state index is -1.80. The van der Waals surface area contributed by atoms with Gasteiger partial charge in [-0.3, -0.25) is 0 Å². The molecule has 0 N–H and O–H groups in total. The first-order valence-corrected chi connectivity index (χ1v) is 25.5. The lowest BCUT2D eigenvalue weighted by Crippen LogP contribution is -2.40. The monoisotopic (exact) mass is 730 g/mol. The van der Waals surface area contributed by atoms with Crippen LogP contribution in [0.5, 0.6) is 0 Å². The van der Waals surface area contributed by atoms with Crippen molar-refractivity contribution in [1.82, 2.24) is 0 Å². The van der Waals surface area contributed by atoms with Crippen LogP contribution in [0.4, 0.5) is 39.8 Å². The fourth-order valence-electron chi connectivity index (χ4n) is 8.00. The Morgan fingerprint density at radius 1 is 0.500 bits per heavy atom. The van der Waals surface area contributed by atoms with E-state index in [9.17, 15) is 5.26 Å². The van der Waals surface area contributed by atoms with Crippen LogP contribution in [-0.2, 0) is 0 Å². The molecule has 0 unspecified atom stereocenters. The predicted molar refractivity (Wildman–Crippen MR) is 236 cm³/mol. The zero-order chi connectivity index (χ0) is 37.8. The van der Waals surface area contributed by atoms with Crippen LogP contribution >= 0.6 is 0 Å². The van der Waals surface area contributed by atoms with Crippen molar-refractivity contribution in [3.05, 3.63) is 163 Å². The number of para-hydroxylation sites is 2. The molecular formula is C48H42N4Si2. The molecule has 0 fully saturated rings. The van der Waals surface area contributed by atoms with Crippen molar-refractivity contribution in [2.24, 2.45) is 0 Å². The number of rotatable bonds is 8. The summed E-state index contributed by atoms with van der Waals surface area (Å²) in [5.74, 6) is 0. The van der Waals surface area contributed by atoms with Crippen LogP contribution in [-0.4, -0.2) is 16.1 Å². The molecule has 54 heavy (non-hydrogen) atoms. The molecule has 0 atom stereocenters. The molecule has 0 saturated carbocycles. The SMILES string of the molecule is [C-]#[N+]c1cccc(N(c2ccccc2[Si](C)(C)C)c2ccc3ccc4c(N(c5cccc(C#N)c5)c5ccccc5[Si](C)(C)C)ccc5ccc2c3c54)c1. The third-order valence-electron chi connectivity index (χ3n) is 10.5. The van der Waals surface area contributed by atoms with Gasteiger partial charge < -0.3 is 9.80 Å². The summed E-state index contributed by atoms with van der Waals surface area (Å²) >= 11 is 0. The summed E-state index contributed by atoms with van der Waals surface area (Å²) < 4.78 is 0. The van der Waals surface area contributed by atoms with Crippen LogP contribution in [0.2, 0.25) is 39.3 Å². The van der Waals surface area contributed by atoms with Crippen molar-refractivity contribution in [2.75, 3.05) is 9.80 Å². The van der Waals surface area contributed by atoms with Gasteiger partial charge >= 0.3 is 0 Å². The maximum atomic E-state index is 9.97. The van der Waals surface area contributed by atoms with E-state index in [-0.39, 0.29) is 0 Å². The molecule has 8 aromatic carbocycles. The Labute approximate surface area is 320 Å². The number of anilines is 6. The first-order valence-electron chi connectivity index (χ1n) is 18.5. The van der Waals surface area contributed by atoms with E-state index in [1.165, 1.54) is 31.9 Å². The number of nitrogens with zero attached hydrogens (tertiary/aromatic N) is 4. The standard InChI is InChI=1S/C48H42N4Si2/c1-50-36-15-13-17-38(31-36)52(44-19-9-11-21-46(44)54(5,6)7)42-29-25-35-22-26-39-41(28-24-34-23-27-40(42)48(35)47(34)39)51(37-16-12-14-33(30-37)32-49)43-18-8-10-20-45(43)53(2,3)4/h8-31H,2-7H3. The fraction of sp³-hybridized carbons (Fsp3) is 0.125. The van der Waals surface area contributed by atoms with Crippen LogP contribution in [0.3, 0.4) is 0 Å². The summed E-state index contributed by atoms with van der Waals surface area (Å²) in [5.41, 5.74) is 7.64. The van der Waals surface area contributed by atoms with Gasteiger partial charge in [0.1, 0.15) is 0 Å². The highest BCUT2D eigenvalue weighted by atomic mass is 28.3. The topological polar surface area (TPSA) is 34.6 Å². The molecule has 6 heteroatoms. The maximum Gasteiger partial charge on any atom is 0.189 e. The molecule has 0 bridgehead atoms. The summed E-state index contributed by atoms with van der Waals surface area (Å²) in [4.78, 5) is 8.56. The minimum Gasteiger partial charge on any atom is -0.311 e. The summed E-state index contributed by atoms with van der Waals surface area (Å²) in [7, 11) is -3.59. The van der Waals surface area contributed by atoms with E-state index in [0.717, 1.165) is 44.9 Å². The van der Waals surface area contributed by atoms with E-state index in [2.05, 4.69) is 169 Å². The Morgan fingerprint density at radius 2 is 0.963 bits per heavy atom. The Kier molecular flexibility index (Phi) is 8.62. The van der Waals surface area contributed by atoms with Gasteiger partial charge in [0.2, 0.25) is 0 Å². The van der Waals surface area contributed by atoms with Crippen LogP contribution in [0, 0.1) is 17.9 Å². The molecule has 8 aromatic rings. The van der Waals surface area contributed by atoms with Crippen molar-refractivity contribution in [1.29, 1.82) is 5.26 Å². The molecule has 0 amide bonds. The van der Waals surface area contributed by atoms with E-state index in [1.54, 1.807) is 0 Å². The largest absolute Gasteiger partial charge is 0.311 e. The zero-order valence-electron chi connectivity index (χ0n) is 31.6. The van der Waals surface area contributed by atoms with Crippen molar-refractivity contribution in [3.8, 4) is 6.07 Å². The van der Waals surface area contributed by atoms with Crippen LogP contribution < -0.4 is 20.2 Å². The third kappa shape index (κ3) is 6.00. The van der Waals surface area contributed by atoms with Gasteiger partial charge in [-0.2, -0.15) is 5.26 Å². The van der Waals surface area contributed by atoms with Crippen molar-refractivity contribution >= 4 is 98.7 Å². The molecular weight excluding hydrogens is 689 g/mol. The normalized spacial score (nSPS) is 11.9. The Bertz CT molecular complexity index is 2600. The number of nitriles is 1. The second-order valence-electron chi connectivity index (χ2n) is 16.1. The predicted octanol–water partition coefficient (Wildman–Crippen LogP) is 13.0. The van der Waals surface area contributed by atoms with Gasteiger partial charge in [0, 0.05) is 33.5 Å². The van der Waals surface area contributed by atoms with Crippen LogP contribution in [0.1, 0.15) is 5.56 Å². The molecule has 0 heterocycles. The highest BCUT2D eigenvalue weighted by Gasteiger charge is 2.28. The molecule has 8 rings (SSSR count).